The molecule has 1 aromatic carbocycles. The molecule has 138 valence electrons. The Balaban J connectivity index is 0.00000312. The third-order valence-corrected chi connectivity index (χ3v) is 4.88. The first-order valence-corrected chi connectivity index (χ1v) is 8.90. The molecule has 0 atom stereocenters. The number of aromatic nitrogens is 1. The number of aliphatic imine (C=N–C) groups is 1. The fourth-order valence-corrected chi connectivity index (χ4v) is 3.19. The van der Waals surface area contributed by atoms with E-state index in [1.54, 1.807) is 30.6 Å². The Hall–Kier alpha value is -1.06. The van der Waals surface area contributed by atoms with Crippen molar-refractivity contribution in [1.29, 1.82) is 0 Å². The summed E-state index contributed by atoms with van der Waals surface area (Å²) in [6.07, 6.45) is 0.762. The van der Waals surface area contributed by atoms with Crippen molar-refractivity contribution >= 4 is 58.6 Å². The molecule has 2 rings (SSSR count). The van der Waals surface area contributed by atoms with Crippen molar-refractivity contribution in [3.8, 4) is 5.75 Å². The van der Waals surface area contributed by atoms with Crippen molar-refractivity contribution in [2.45, 2.75) is 32.6 Å². The van der Waals surface area contributed by atoms with E-state index in [0.29, 0.717) is 23.3 Å². The number of hydrogen-bond donors (Lipinski definition) is 2. The van der Waals surface area contributed by atoms with Crippen molar-refractivity contribution in [1.82, 2.24) is 4.98 Å². The average Bonchev–Trinajstić information content (AvgIpc) is 2.96. The van der Waals surface area contributed by atoms with E-state index in [9.17, 15) is 0 Å². The summed E-state index contributed by atoms with van der Waals surface area (Å²) < 4.78 is 5.12. The molecule has 2 aromatic rings. The molecule has 0 aliphatic carbocycles. The van der Waals surface area contributed by atoms with Crippen LogP contribution >= 0.6 is 46.9 Å². The highest BCUT2D eigenvalue weighted by Gasteiger charge is 2.17. The highest BCUT2D eigenvalue weighted by atomic mass is 127. The smallest absolute Gasteiger partial charge is 0.193 e. The summed E-state index contributed by atoms with van der Waals surface area (Å²) in [5.74, 6) is 0.971. The molecule has 0 spiro atoms. The number of nitrogens with one attached hydrogen (secondary N) is 1. The van der Waals surface area contributed by atoms with Gasteiger partial charge < -0.3 is 15.8 Å². The predicted octanol–water partition coefficient (Wildman–Crippen LogP) is 4.69. The Morgan fingerprint density at radius 3 is 2.68 bits per heavy atom. The van der Waals surface area contributed by atoms with E-state index in [2.05, 4.69) is 41.4 Å². The van der Waals surface area contributed by atoms with Crippen LogP contribution < -0.4 is 15.8 Å². The van der Waals surface area contributed by atoms with Crippen LogP contribution in [0.15, 0.2) is 28.6 Å². The molecule has 1 aromatic heterocycles. The summed E-state index contributed by atoms with van der Waals surface area (Å²) in [6, 6.07) is 5.36. The Kier molecular flexibility index (Phi) is 8.43. The largest absolute Gasteiger partial charge is 0.495 e. The molecule has 0 bridgehead atoms. The first-order valence-electron chi connectivity index (χ1n) is 7.65. The molecule has 0 aliphatic rings. The van der Waals surface area contributed by atoms with Crippen LogP contribution in [0.1, 0.15) is 31.5 Å². The van der Waals surface area contributed by atoms with Gasteiger partial charge in [0.1, 0.15) is 5.75 Å². The molecule has 0 radical (unpaired) electrons. The van der Waals surface area contributed by atoms with E-state index in [4.69, 9.17) is 22.1 Å². The summed E-state index contributed by atoms with van der Waals surface area (Å²) in [5, 5.41) is 6.77. The number of hydrogen-bond acceptors (Lipinski definition) is 4. The van der Waals surface area contributed by atoms with Gasteiger partial charge in [-0.25, -0.2) is 4.98 Å². The zero-order valence-corrected chi connectivity index (χ0v) is 18.7. The van der Waals surface area contributed by atoms with Crippen molar-refractivity contribution in [3.63, 3.8) is 0 Å². The van der Waals surface area contributed by atoms with E-state index in [1.807, 2.05) is 6.07 Å². The van der Waals surface area contributed by atoms with Gasteiger partial charge in [-0.2, -0.15) is 0 Å². The van der Waals surface area contributed by atoms with Crippen molar-refractivity contribution in [2.24, 2.45) is 10.7 Å². The molecule has 8 heteroatoms. The molecule has 1 heterocycles. The maximum atomic E-state index is 6.08. The number of halogens is 2. The third-order valence-electron chi connectivity index (χ3n) is 3.27. The lowest BCUT2D eigenvalue weighted by molar-refractivity contribution is 0.415. The lowest BCUT2D eigenvalue weighted by Crippen LogP contribution is -2.23. The van der Waals surface area contributed by atoms with Crippen LogP contribution in [0.25, 0.3) is 0 Å². The number of thiazole rings is 1. The van der Waals surface area contributed by atoms with Gasteiger partial charge in [0.05, 0.1) is 22.8 Å². The van der Waals surface area contributed by atoms with Crippen LogP contribution in [0.5, 0.6) is 5.75 Å². The number of benzene rings is 1. The highest BCUT2D eigenvalue weighted by Crippen LogP contribution is 2.27. The summed E-state index contributed by atoms with van der Waals surface area (Å²) in [4.78, 5) is 8.98. The van der Waals surface area contributed by atoms with E-state index >= 15 is 0 Å². The van der Waals surface area contributed by atoms with E-state index < -0.39 is 0 Å². The normalized spacial score (nSPS) is 11.8. The fourth-order valence-electron chi connectivity index (χ4n) is 1.99. The molecule has 0 unspecified atom stereocenters. The second kappa shape index (κ2) is 9.59. The van der Waals surface area contributed by atoms with Gasteiger partial charge in [0.15, 0.2) is 5.96 Å². The van der Waals surface area contributed by atoms with Gasteiger partial charge in [0, 0.05) is 29.4 Å². The Morgan fingerprint density at radius 2 is 2.12 bits per heavy atom. The fraction of sp³-hybridized carbons (Fsp3) is 0.412. The maximum Gasteiger partial charge on any atom is 0.193 e. The summed E-state index contributed by atoms with van der Waals surface area (Å²) in [6.45, 7) is 7.07. The number of ether oxygens (including phenoxy) is 1. The zero-order chi connectivity index (χ0) is 17.7. The summed E-state index contributed by atoms with van der Waals surface area (Å²) in [7, 11) is 1.58. The molecule has 0 fully saturated rings. The monoisotopic (exact) mass is 494 g/mol. The SMILES string of the molecule is COc1ccc(NC(N)=NCCc2csc(C(C)(C)C)n2)cc1Cl.I. The first kappa shape index (κ1) is 22.0. The van der Waals surface area contributed by atoms with Crippen LogP contribution in [0, 0.1) is 0 Å². The van der Waals surface area contributed by atoms with Crippen LogP contribution in [0.2, 0.25) is 5.02 Å². The predicted molar refractivity (Wildman–Crippen MR) is 118 cm³/mol. The highest BCUT2D eigenvalue weighted by molar-refractivity contribution is 14.0. The van der Waals surface area contributed by atoms with Gasteiger partial charge in [-0.05, 0) is 18.2 Å². The van der Waals surface area contributed by atoms with Crippen LogP contribution in [0.3, 0.4) is 0 Å². The van der Waals surface area contributed by atoms with Gasteiger partial charge >= 0.3 is 0 Å². The number of methoxy groups -OCH3 is 1. The minimum absolute atomic E-state index is 0. The maximum absolute atomic E-state index is 6.08. The molecule has 0 aliphatic heterocycles. The van der Waals surface area contributed by atoms with Crippen LogP contribution in [-0.2, 0) is 11.8 Å². The number of guanidine groups is 1. The third kappa shape index (κ3) is 6.63. The lowest BCUT2D eigenvalue weighted by atomic mass is 9.98. The minimum Gasteiger partial charge on any atom is -0.495 e. The van der Waals surface area contributed by atoms with Gasteiger partial charge in [-0.1, -0.05) is 32.4 Å². The first-order chi connectivity index (χ1) is 11.3. The quantitative estimate of drug-likeness (QED) is 0.359. The van der Waals surface area contributed by atoms with Crippen LogP contribution in [0.4, 0.5) is 5.69 Å². The number of rotatable bonds is 5. The number of nitrogens with two attached hydrogens (primary N) is 1. The summed E-state index contributed by atoms with van der Waals surface area (Å²) >= 11 is 7.77. The Labute approximate surface area is 175 Å². The minimum atomic E-state index is 0. The van der Waals surface area contributed by atoms with Crippen molar-refractivity contribution in [2.75, 3.05) is 19.0 Å². The molecule has 0 amide bonds. The second-order valence-electron chi connectivity index (χ2n) is 6.39. The van der Waals surface area contributed by atoms with E-state index in [1.165, 1.54) is 0 Å². The molecule has 0 saturated heterocycles. The number of nitrogens with zero attached hydrogens (tertiary/aromatic N) is 2. The Morgan fingerprint density at radius 1 is 1.40 bits per heavy atom. The van der Waals surface area contributed by atoms with Crippen LogP contribution in [-0.4, -0.2) is 24.6 Å². The molecule has 25 heavy (non-hydrogen) atoms. The van der Waals surface area contributed by atoms with Gasteiger partial charge in [0.2, 0.25) is 0 Å². The molecule has 0 saturated carbocycles. The van der Waals surface area contributed by atoms with Crippen molar-refractivity contribution in [3.05, 3.63) is 39.3 Å². The second-order valence-corrected chi connectivity index (χ2v) is 7.65. The molecule has 5 nitrogen and oxygen atoms in total. The van der Waals surface area contributed by atoms with E-state index in [-0.39, 0.29) is 29.4 Å². The average molecular weight is 495 g/mol. The zero-order valence-electron chi connectivity index (χ0n) is 14.8. The van der Waals surface area contributed by atoms with Gasteiger partial charge in [-0.3, -0.25) is 4.99 Å². The summed E-state index contributed by atoms with van der Waals surface area (Å²) in [5.41, 5.74) is 7.81. The number of anilines is 1. The van der Waals surface area contributed by atoms with E-state index in [0.717, 1.165) is 22.8 Å². The van der Waals surface area contributed by atoms with Gasteiger partial charge in [-0.15, -0.1) is 35.3 Å². The lowest BCUT2D eigenvalue weighted by Gasteiger charge is -2.13. The van der Waals surface area contributed by atoms with Crippen molar-refractivity contribution < 1.29 is 4.74 Å². The Bertz CT molecular complexity index is 728. The van der Waals surface area contributed by atoms with Gasteiger partial charge in [0.25, 0.3) is 0 Å². The standard InChI is InChI=1S/C17H23ClN4OS.HI/c1-17(2,3)15-21-12(10-24-15)7-8-20-16(19)22-11-5-6-14(23-4)13(18)9-11;/h5-6,9-10H,7-8H2,1-4H3,(H3,19,20,22);1H. The molecular formula is C17H24ClIN4OS. The topological polar surface area (TPSA) is 72.5 Å². The molecule has 3 N–H and O–H groups in total. The molecular weight excluding hydrogens is 471 g/mol.